The van der Waals surface area contributed by atoms with E-state index in [-0.39, 0.29) is 31.1 Å². The van der Waals surface area contributed by atoms with Gasteiger partial charge in [0, 0.05) is 19.6 Å². The molecule has 0 radical (unpaired) electrons. The molecule has 0 spiro atoms. The van der Waals surface area contributed by atoms with E-state index in [1.165, 1.54) is 0 Å². The quantitative estimate of drug-likeness (QED) is 0.0691. The van der Waals surface area contributed by atoms with Gasteiger partial charge in [0.2, 0.25) is 23.6 Å². The SMILES string of the molecule is CCCCC(C)C1CC(=O)NC(CCCCN=C(N)N(CCC)CCC)C(=O)NC(CC(N)=O)C(=O)NC(CC(C)C)C(=O)O1. The van der Waals surface area contributed by atoms with Gasteiger partial charge in [0.1, 0.15) is 24.2 Å². The third kappa shape index (κ3) is 15.5. The Hall–Kier alpha value is -3.38. The number of hydrogen-bond donors (Lipinski definition) is 5. The van der Waals surface area contributed by atoms with Crippen LogP contribution in [-0.2, 0) is 28.7 Å². The molecule has 7 N–H and O–H groups in total. The average molecular weight is 638 g/mol. The molecule has 258 valence electrons. The highest BCUT2D eigenvalue weighted by atomic mass is 16.5. The molecule has 0 aromatic carbocycles. The number of carbonyl (C=O) groups excluding carboxylic acids is 5. The van der Waals surface area contributed by atoms with Gasteiger partial charge < -0.3 is 37.1 Å². The number of nitrogens with zero attached hydrogens (tertiary/aromatic N) is 2. The van der Waals surface area contributed by atoms with Crippen LogP contribution in [0.5, 0.6) is 0 Å². The number of nitrogens with two attached hydrogens (primary N) is 2. The number of carbonyl (C=O) groups is 5. The van der Waals surface area contributed by atoms with E-state index in [0.717, 1.165) is 45.2 Å². The minimum atomic E-state index is -1.33. The lowest BCUT2D eigenvalue weighted by atomic mass is 9.95. The minimum absolute atomic E-state index is 0.0207. The molecule has 1 aliphatic heterocycles. The van der Waals surface area contributed by atoms with Crippen molar-refractivity contribution in [3.63, 3.8) is 0 Å². The van der Waals surface area contributed by atoms with Gasteiger partial charge in [0.05, 0.1) is 12.8 Å². The van der Waals surface area contributed by atoms with E-state index in [2.05, 4.69) is 41.7 Å². The highest BCUT2D eigenvalue weighted by molar-refractivity contribution is 5.96. The van der Waals surface area contributed by atoms with Crippen LogP contribution >= 0.6 is 0 Å². The highest BCUT2D eigenvalue weighted by Crippen LogP contribution is 2.21. The van der Waals surface area contributed by atoms with E-state index in [1.54, 1.807) is 0 Å². The molecule has 4 amide bonds. The first-order chi connectivity index (χ1) is 21.3. The molecule has 0 saturated carbocycles. The molecular weight excluding hydrogens is 578 g/mol. The lowest BCUT2D eigenvalue weighted by Gasteiger charge is -2.27. The highest BCUT2D eigenvalue weighted by Gasteiger charge is 2.35. The van der Waals surface area contributed by atoms with Crippen LogP contribution in [0.4, 0.5) is 0 Å². The van der Waals surface area contributed by atoms with Crippen molar-refractivity contribution >= 4 is 35.6 Å². The number of primary amides is 1. The number of nitrogens with one attached hydrogen (secondary N) is 3. The van der Waals surface area contributed by atoms with Gasteiger partial charge in [-0.1, -0.05) is 54.4 Å². The summed E-state index contributed by atoms with van der Waals surface area (Å²) < 4.78 is 5.88. The topological polar surface area (TPSA) is 198 Å². The molecule has 0 aromatic rings. The molecule has 1 rings (SSSR count). The van der Waals surface area contributed by atoms with Crippen LogP contribution in [0.3, 0.4) is 0 Å². The molecular formula is C32H59N7O6. The summed E-state index contributed by atoms with van der Waals surface area (Å²) in [7, 11) is 0. The van der Waals surface area contributed by atoms with Gasteiger partial charge in [-0.2, -0.15) is 0 Å². The number of esters is 1. The lowest BCUT2D eigenvalue weighted by Crippen LogP contribution is -2.56. The van der Waals surface area contributed by atoms with Gasteiger partial charge in [0.25, 0.3) is 0 Å². The van der Waals surface area contributed by atoms with Gasteiger partial charge in [0.15, 0.2) is 5.96 Å². The summed E-state index contributed by atoms with van der Waals surface area (Å²) in [6.45, 7) is 14.0. The maximum absolute atomic E-state index is 13.5. The van der Waals surface area contributed by atoms with E-state index in [1.807, 2.05) is 25.7 Å². The van der Waals surface area contributed by atoms with Gasteiger partial charge in [-0.25, -0.2) is 4.79 Å². The van der Waals surface area contributed by atoms with Crippen molar-refractivity contribution < 1.29 is 28.7 Å². The summed E-state index contributed by atoms with van der Waals surface area (Å²) in [5.74, 6) is -2.87. The molecule has 0 aromatic heterocycles. The first-order valence-corrected chi connectivity index (χ1v) is 16.8. The van der Waals surface area contributed by atoms with Gasteiger partial charge in [-0.05, 0) is 56.8 Å². The maximum Gasteiger partial charge on any atom is 0.328 e. The van der Waals surface area contributed by atoms with E-state index in [4.69, 9.17) is 16.2 Å². The van der Waals surface area contributed by atoms with Crippen molar-refractivity contribution in [2.45, 2.75) is 136 Å². The molecule has 1 aliphatic rings. The van der Waals surface area contributed by atoms with Crippen LogP contribution < -0.4 is 27.4 Å². The van der Waals surface area contributed by atoms with Crippen LogP contribution in [0, 0.1) is 11.8 Å². The smallest absolute Gasteiger partial charge is 0.328 e. The molecule has 1 heterocycles. The Bertz CT molecular complexity index is 983. The summed E-state index contributed by atoms with van der Waals surface area (Å²) in [6, 6.07) is -3.35. The molecule has 5 atom stereocenters. The normalized spacial score (nSPS) is 22.7. The van der Waals surface area contributed by atoms with Crippen molar-refractivity contribution in [3.8, 4) is 0 Å². The maximum atomic E-state index is 13.5. The van der Waals surface area contributed by atoms with E-state index >= 15 is 0 Å². The number of unbranched alkanes of at least 4 members (excludes halogenated alkanes) is 2. The molecule has 1 saturated heterocycles. The van der Waals surface area contributed by atoms with Crippen LogP contribution in [0.25, 0.3) is 0 Å². The first kappa shape index (κ1) is 39.6. The molecule has 0 aliphatic carbocycles. The third-order valence-corrected chi connectivity index (χ3v) is 7.79. The Morgan fingerprint density at radius 3 is 2.09 bits per heavy atom. The Morgan fingerprint density at radius 1 is 0.889 bits per heavy atom. The van der Waals surface area contributed by atoms with Gasteiger partial charge in [-0.15, -0.1) is 0 Å². The number of guanidine groups is 1. The van der Waals surface area contributed by atoms with Crippen molar-refractivity contribution in [2.24, 2.45) is 28.3 Å². The summed E-state index contributed by atoms with van der Waals surface area (Å²) in [5, 5.41) is 8.04. The summed E-state index contributed by atoms with van der Waals surface area (Å²) in [5.41, 5.74) is 11.6. The lowest BCUT2D eigenvalue weighted by molar-refractivity contribution is -0.157. The molecule has 5 unspecified atom stereocenters. The van der Waals surface area contributed by atoms with Crippen molar-refractivity contribution in [3.05, 3.63) is 0 Å². The monoisotopic (exact) mass is 637 g/mol. The number of amides is 4. The fourth-order valence-electron chi connectivity index (χ4n) is 5.28. The van der Waals surface area contributed by atoms with Gasteiger partial charge >= 0.3 is 5.97 Å². The second-order valence-electron chi connectivity index (χ2n) is 12.6. The predicted molar refractivity (Wildman–Crippen MR) is 175 cm³/mol. The zero-order valence-electron chi connectivity index (χ0n) is 28.4. The average Bonchev–Trinajstić information content (AvgIpc) is 2.97. The minimum Gasteiger partial charge on any atom is -0.460 e. The fourth-order valence-corrected chi connectivity index (χ4v) is 5.28. The predicted octanol–water partition coefficient (Wildman–Crippen LogP) is 2.11. The number of hydrogen-bond acceptors (Lipinski definition) is 7. The third-order valence-electron chi connectivity index (χ3n) is 7.79. The second-order valence-corrected chi connectivity index (χ2v) is 12.6. The van der Waals surface area contributed by atoms with Crippen molar-refractivity contribution in [1.82, 2.24) is 20.9 Å². The first-order valence-electron chi connectivity index (χ1n) is 16.8. The van der Waals surface area contributed by atoms with Crippen LogP contribution in [0.1, 0.15) is 112 Å². The van der Waals surface area contributed by atoms with E-state index < -0.39 is 60.2 Å². The fraction of sp³-hybridized carbons (Fsp3) is 0.812. The molecule has 0 bridgehead atoms. The number of ether oxygens (including phenoxy) is 1. The molecule has 13 nitrogen and oxygen atoms in total. The largest absolute Gasteiger partial charge is 0.460 e. The number of aliphatic imine (C=N–C) groups is 1. The number of cyclic esters (lactones) is 1. The Labute approximate surface area is 269 Å². The van der Waals surface area contributed by atoms with Crippen LogP contribution in [0.2, 0.25) is 0 Å². The second kappa shape index (κ2) is 21.4. The standard InChI is InChI=1S/C32H59N7O6/c1-7-10-13-22(6)26-20-28(41)36-23(14-11-12-15-35-32(34)39(16-8-2)17-9-3)29(42)37-24(19-27(33)40)30(43)38-25(18-21(4)5)31(44)45-26/h21-26H,7-20H2,1-6H3,(H2,33,40)(H2,34,35)(H,36,41)(H,37,42)(H,38,43). The van der Waals surface area contributed by atoms with Crippen molar-refractivity contribution in [1.29, 1.82) is 0 Å². The summed E-state index contributed by atoms with van der Waals surface area (Å²) in [4.78, 5) is 71.8. The Balaban J connectivity index is 3.24. The Kier molecular flexibility index (Phi) is 18.8. The number of rotatable bonds is 17. The van der Waals surface area contributed by atoms with Gasteiger partial charge in [-0.3, -0.25) is 24.2 Å². The van der Waals surface area contributed by atoms with Crippen molar-refractivity contribution in [2.75, 3.05) is 19.6 Å². The van der Waals surface area contributed by atoms with Crippen LogP contribution in [-0.4, -0.2) is 84.3 Å². The molecule has 45 heavy (non-hydrogen) atoms. The zero-order valence-corrected chi connectivity index (χ0v) is 28.4. The zero-order chi connectivity index (χ0) is 33.9. The molecule has 1 fully saturated rings. The summed E-state index contributed by atoms with van der Waals surface area (Å²) in [6.07, 6.45) is 4.83. The van der Waals surface area contributed by atoms with Crippen LogP contribution in [0.15, 0.2) is 4.99 Å². The summed E-state index contributed by atoms with van der Waals surface area (Å²) >= 11 is 0. The van der Waals surface area contributed by atoms with E-state index in [9.17, 15) is 24.0 Å². The van der Waals surface area contributed by atoms with E-state index in [0.29, 0.717) is 25.3 Å². The molecule has 13 heteroatoms. The Morgan fingerprint density at radius 2 is 1.51 bits per heavy atom.